The number of ether oxygens (including phenoxy) is 4. The number of pyridine rings is 1. The molecular formula is C41H49N9O8. The summed E-state index contributed by atoms with van der Waals surface area (Å²) in [6, 6.07) is 13.8. The second kappa shape index (κ2) is 17.2. The molecule has 5 heterocycles. The van der Waals surface area contributed by atoms with E-state index in [4.69, 9.17) is 28.9 Å². The Morgan fingerprint density at radius 1 is 0.707 bits per heavy atom. The van der Waals surface area contributed by atoms with E-state index in [0.29, 0.717) is 36.8 Å². The highest BCUT2D eigenvalue weighted by Gasteiger charge is 2.40. The number of aromatic nitrogens is 5. The minimum absolute atomic E-state index is 0.257. The van der Waals surface area contributed by atoms with Gasteiger partial charge in [-0.05, 0) is 74.6 Å². The van der Waals surface area contributed by atoms with E-state index in [-0.39, 0.29) is 23.9 Å². The molecule has 0 radical (unpaired) electrons. The highest BCUT2D eigenvalue weighted by Crippen LogP contribution is 2.35. The van der Waals surface area contributed by atoms with Crippen molar-refractivity contribution in [3.63, 3.8) is 0 Å². The number of fused-ring (bicyclic) bond motifs is 2. The molecule has 0 aliphatic carbocycles. The molecule has 17 nitrogen and oxygen atoms in total. The molecule has 5 aromatic rings. The number of nitrogens with one attached hydrogen (secondary N) is 4. The van der Waals surface area contributed by atoms with Crippen LogP contribution in [0.5, 0.6) is 0 Å². The number of hydrogen-bond acceptors (Lipinski definition) is 11. The first-order valence-electron chi connectivity index (χ1n) is 19.3. The van der Waals surface area contributed by atoms with Crippen molar-refractivity contribution < 1.29 is 38.1 Å². The molecule has 0 unspecified atom stereocenters. The van der Waals surface area contributed by atoms with Crippen molar-refractivity contribution >= 4 is 45.9 Å². The molecule has 2 aromatic carbocycles. The SMILES string of the molecule is COC(=O)N[C@H](C(=O)N1CCC[C@H]1c1ncc(-c2ccc3cc(-c4ccc5[nH]c([C@@H]6CCCN6C(=O)[C@@H](NC(=O)OC)[C@@H](C)OC)nc5n4)ccc3c2)[nH]1)[C@@H](C)OC. The van der Waals surface area contributed by atoms with Gasteiger partial charge in [0.05, 0.1) is 61.6 Å². The molecule has 306 valence electrons. The van der Waals surface area contributed by atoms with Gasteiger partial charge in [-0.15, -0.1) is 0 Å². The molecule has 3 aromatic heterocycles. The van der Waals surface area contributed by atoms with Gasteiger partial charge in [0.2, 0.25) is 11.8 Å². The highest BCUT2D eigenvalue weighted by atomic mass is 16.5. The van der Waals surface area contributed by atoms with Crippen molar-refractivity contribution in [2.24, 2.45) is 0 Å². The van der Waals surface area contributed by atoms with Gasteiger partial charge < -0.3 is 49.3 Å². The minimum Gasteiger partial charge on any atom is -0.453 e. The van der Waals surface area contributed by atoms with E-state index in [9.17, 15) is 19.2 Å². The largest absolute Gasteiger partial charge is 0.453 e. The maximum Gasteiger partial charge on any atom is 0.407 e. The number of rotatable bonds is 12. The molecule has 4 N–H and O–H groups in total. The molecule has 17 heteroatoms. The quantitative estimate of drug-likeness (QED) is 0.132. The summed E-state index contributed by atoms with van der Waals surface area (Å²) in [5.41, 5.74) is 4.74. The second-order valence-electron chi connectivity index (χ2n) is 14.6. The van der Waals surface area contributed by atoms with Crippen LogP contribution in [-0.4, -0.2) is 125 Å². The fourth-order valence-corrected chi connectivity index (χ4v) is 7.85. The van der Waals surface area contributed by atoms with Crippen LogP contribution in [0.3, 0.4) is 0 Å². The monoisotopic (exact) mass is 795 g/mol. The smallest absolute Gasteiger partial charge is 0.407 e. The lowest BCUT2D eigenvalue weighted by Gasteiger charge is -2.30. The number of carbonyl (C=O) groups is 4. The van der Waals surface area contributed by atoms with Gasteiger partial charge in [-0.1, -0.05) is 24.3 Å². The number of H-pyrrole nitrogens is 2. The predicted octanol–water partition coefficient (Wildman–Crippen LogP) is 5.01. The second-order valence-corrected chi connectivity index (χ2v) is 14.6. The maximum absolute atomic E-state index is 13.7. The number of imidazole rings is 2. The van der Waals surface area contributed by atoms with Crippen molar-refractivity contribution in [2.75, 3.05) is 41.5 Å². The van der Waals surface area contributed by atoms with E-state index >= 15 is 0 Å². The Balaban J connectivity index is 1.07. The molecule has 0 saturated carbocycles. The van der Waals surface area contributed by atoms with Gasteiger partial charge in [0.25, 0.3) is 0 Å². The number of carbonyl (C=O) groups excluding carboxylic acids is 4. The summed E-state index contributed by atoms with van der Waals surface area (Å²) in [6.07, 6.45) is 2.26. The number of alkyl carbamates (subject to hydrolysis) is 2. The Bertz CT molecular complexity index is 2310. The number of nitrogens with zero attached hydrogens (tertiary/aromatic N) is 5. The molecule has 58 heavy (non-hydrogen) atoms. The van der Waals surface area contributed by atoms with Crippen LogP contribution < -0.4 is 10.6 Å². The van der Waals surface area contributed by atoms with Crippen molar-refractivity contribution in [1.29, 1.82) is 0 Å². The van der Waals surface area contributed by atoms with Crippen LogP contribution >= 0.6 is 0 Å². The molecule has 0 spiro atoms. The van der Waals surface area contributed by atoms with Gasteiger partial charge in [0, 0.05) is 38.4 Å². The van der Waals surface area contributed by atoms with Crippen molar-refractivity contribution in [2.45, 2.75) is 75.9 Å². The number of benzene rings is 2. The summed E-state index contributed by atoms with van der Waals surface area (Å²) in [5, 5.41) is 7.29. The summed E-state index contributed by atoms with van der Waals surface area (Å²) in [5.74, 6) is 0.781. The third-order valence-corrected chi connectivity index (χ3v) is 11.2. The topological polar surface area (TPSA) is 206 Å². The highest BCUT2D eigenvalue weighted by molar-refractivity contribution is 5.91. The Morgan fingerprint density at radius 3 is 1.83 bits per heavy atom. The van der Waals surface area contributed by atoms with Crippen LogP contribution in [-0.2, 0) is 28.5 Å². The number of methoxy groups -OCH3 is 4. The molecule has 2 aliphatic rings. The van der Waals surface area contributed by atoms with E-state index in [1.54, 1.807) is 29.8 Å². The van der Waals surface area contributed by atoms with Gasteiger partial charge in [-0.3, -0.25) is 9.59 Å². The Labute approximate surface area is 335 Å². The molecule has 2 fully saturated rings. The van der Waals surface area contributed by atoms with Gasteiger partial charge in [-0.2, -0.15) is 0 Å². The number of aromatic amines is 2. The molecule has 6 atom stereocenters. The number of amides is 4. The summed E-state index contributed by atoms with van der Waals surface area (Å²) in [7, 11) is 5.49. The fraction of sp³-hybridized carbons (Fsp3) is 0.439. The lowest BCUT2D eigenvalue weighted by molar-refractivity contribution is -0.138. The summed E-state index contributed by atoms with van der Waals surface area (Å²) in [6.45, 7) is 4.50. The van der Waals surface area contributed by atoms with E-state index in [1.165, 1.54) is 28.4 Å². The fourth-order valence-electron chi connectivity index (χ4n) is 7.85. The Kier molecular flexibility index (Phi) is 11.9. The lowest BCUT2D eigenvalue weighted by atomic mass is 10.0. The zero-order chi connectivity index (χ0) is 41.1. The minimum atomic E-state index is -0.920. The van der Waals surface area contributed by atoms with Gasteiger partial charge in [-0.25, -0.2) is 24.5 Å². The van der Waals surface area contributed by atoms with E-state index in [0.717, 1.165) is 58.1 Å². The molecular weight excluding hydrogens is 747 g/mol. The van der Waals surface area contributed by atoms with Crippen molar-refractivity contribution in [1.82, 2.24) is 45.4 Å². The average Bonchev–Trinajstić information content (AvgIpc) is 4.09. The van der Waals surface area contributed by atoms with Crippen LogP contribution in [0.1, 0.15) is 63.3 Å². The summed E-state index contributed by atoms with van der Waals surface area (Å²) >= 11 is 0. The maximum atomic E-state index is 13.7. The van der Waals surface area contributed by atoms with Gasteiger partial charge >= 0.3 is 12.2 Å². The van der Waals surface area contributed by atoms with Crippen LogP contribution in [0.2, 0.25) is 0 Å². The first-order chi connectivity index (χ1) is 28.0. The average molecular weight is 796 g/mol. The van der Waals surface area contributed by atoms with E-state index in [1.807, 2.05) is 24.3 Å². The van der Waals surface area contributed by atoms with Crippen LogP contribution in [0, 0.1) is 0 Å². The van der Waals surface area contributed by atoms with E-state index < -0.39 is 36.5 Å². The Hall–Kier alpha value is -6.07. The molecule has 4 amide bonds. The van der Waals surface area contributed by atoms with Crippen molar-refractivity contribution in [3.05, 3.63) is 66.4 Å². The lowest BCUT2D eigenvalue weighted by Crippen LogP contribution is -2.54. The zero-order valence-corrected chi connectivity index (χ0v) is 33.4. The standard InChI is InChI=1S/C41H49N9O8/c1-22(55-3)33(46-40(53)57-5)38(51)49-17-7-9-31(49)36-42-21-30(45-36)27-14-12-24-19-26(13-11-25(24)20-27)28-15-16-29-35(43-28)48-37(44-29)32-10-8-18-50(32)39(52)34(23(2)56-4)47-41(54)58-6/h11-16,19-23,31-34H,7-10,17-18H2,1-6H3,(H,42,45)(H,46,53)(H,47,54)(H,43,44,48)/t22-,23-,31+,32+,33+,34+/m1/s1. The predicted molar refractivity (Wildman–Crippen MR) is 213 cm³/mol. The zero-order valence-electron chi connectivity index (χ0n) is 33.4. The van der Waals surface area contributed by atoms with Crippen LogP contribution in [0.15, 0.2) is 54.7 Å². The Morgan fingerprint density at radius 2 is 1.26 bits per heavy atom. The summed E-state index contributed by atoms with van der Waals surface area (Å²) in [4.78, 5) is 76.2. The first-order valence-corrected chi connectivity index (χ1v) is 19.3. The van der Waals surface area contributed by atoms with Gasteiger partial charge in [0.1, 0.15) is 23.7 Å². The molecule has 0 bridgehead atoms. The molecule has 2 aliphatic heterocycles. The number of likely N-dealkylation sites (tertiary alicyclic amines) is 2. The van der Waals surface area contributed by atoms with Crippen LogP contribution in [0.25, 0.3) is 44.5 Å². The normalized spacial score (nSPS) is 18.9. The van der Waals surface area contributed by atoms with Gasteiger partial charge in [0.15, 0.2) is 5.65 Å². The van der Waals surface area contributed by atoms with Crippen LogP contribution in [0.4, 0.5) is 9.59 Å². The molecule has 7 rings (SSSR count). The number of hydrogen-bond donors (Lipinski definition) is 4. The summed E-state index contributed by atoms with van der Waals surface area (Å²) < 4.78 is 20.3. The third kappa shape index (κ3) is 8.04. The van der Waals surface area contributed by atoms with Crippen molar-refractivity contribution in [3.8, 4) is 22.5 Å². The third-order valence-electron chi connectivity index (χ3n) is 11.2. The molecule has 2 saturated heterocycles. The van der Waals surface area contributed by atoms with E-state index in [2.05, 4.69) is 49.9 Å². The first kappa shape index (κ1) is 40.1.